The molecular formula is C28H33N3O3. The van der Waals surface area contributed by atoms with Crippen molar-refractivity contribution in [2.75, 3.05) is 32.8 Å². The van der Waals surface area contributed by atoms with Crippen molar-refractivity contribution < 1.29 is 14.7 Å². The van der Waals surface area contributed by atoms with E-state index in [0.29, 0.717) is 18.2 Å². The first-order chi connectivity index (χ1) is 16.7. The Balaban J connectivity index is 1.48. The highest BCUT2D eigenvalue weighted by molar-refractivity contribution is 5.93. The standard InChI is InChI=1S/C28H33N3O3/c1-2-31-16-14-25(15-17-31)29-19-22(18-21-10-12-24(13-11-21)28(32)30-33)20-34-27-9-5-7-23-6-3-4-8-26(23)27/h3-13,18,25,29,33H,2,14-17,19-20H2,1H3,(H,30,32). The highest BCUT2D eigenvalue weighted by Crippen LogP contribution is 2.25. The lowest BCUT2D eigenvalue weighted by atomic mass is 10.0. The zero-order valence-corrected chi connectivity index (χ0v) is 19.7. The average Bonchev–Trinajstić information content (AvgIpc) is 2.90. The second-order valence-electron chi connectivity index (χ2n) is 8.72. The molecule has 0 radical (unpaired) electrons. The Labute approximate surface area is 201 Å². The first-order valence-electron chi connectivity index (χ1n) is 12.0. The van der Waals surface area contributed by atoms with Crippen LogP contribution in [0.1, 0.15) is 35.7 Å². The van der Waals surface area contributed by atoms with Gasteiger partial charge in [0, 0.05) is 23.5 Å². The van der Waals surface area contributed by atoms with Crippen molar-refractivity contribution in [1.29, 1.82) is 0 Å². The molecule has 1 aliphatic heterocycles. The Hall–Kier alpha value is -3.19. The molecule has 0 spiro atoms. The lowest BCUT2D eigenvalue weighted by Crippen LogP contribution is -2.43. The van der Waals surface area contributed by atoms with Gasteiger partial charge < -0.3 is 15.0 Å². The van der Waals surface area contributed by atoms with Crippen LogP contribution in [0.5, 0.6) is 5.75 Å². The number of carbonyl (C=O) groups excluding carboxylic acids is 1. The third-order valence-electron chi connectivity index (χ3n) is 6.46. The zero-order valence-electron chi connectivity index (χ0n) is 19.7. The van der Waals surface area contributed by atoms with E-state index in [1.54, 1.807) is 17.6 Å². The lowest BCUT2D eigenvalue weighted by molar-refractivity contribution is 0.0706. The number of hydrogen-bond acceptors (Lipinski definition) is 5. The van der Waals surface area contributed by atoms with Crippen molar-refractivity contribution in [3.05, 3.63) is 83.4 Å². The Morgan fingerprint density at radius 1 is 1.06 bits per heavy atom. The first kappa shape index (κ1) is 24.0. The number of nitrogens with one attached hydrogen (secondary N) is 2. The summed E-state index contributed by atoms with van der Waals surface area (Å²) in [5.41, 5.74) is 4.19. The summed E-state index contributed by atoms with van der Waals surface area (Å²) < 4.78 is 6.29. The second-order valence-corrected chi connectivity index (χ2v) is 8.72. The van der Waals surface area contributed by atoms with E-state index < -0.39 is 5.91 Å². The van der Waals surface area contributed by atoms with E-state index in [1.165, 1.54) is 0 Å². The van der Waals surface area contributed by atoms with Gasteiger partial charge in [0.15, 0.2) is 0 Å². The van der Waals surface area contributed by atoms with Crippen molar-refractivity contribution in [2.45, 2.75) is 25.8 Å². The zero-order chi connectivity index (χ0) is 23.8. The molecule has 6 heteroatoms. The largest absolute Gasteiger partial charge is 0.489 e. The fourth-order valence-corrected chi connectivity index (χ4v) is 4.40. The van der Waals surface area contributed by atoms with Gasteiger partial charge >= 0.3 is 0 Å². The van der Waals surface area contributed by atoms with Crippen molar-refractivity contribution in [3.8, 4) is 5.75 Å². The Morgan fingerprint density at radius 2 is 1.79 bits per heavy atom. The van der Waals surface area contributed by atoms with Crippen LogP contribution in [0, 0.1) is 0 Å². The van der Waals surface area contributed by atoms with Crippen molar-refractivity contribution in [1.82, 2.24) is 15.7 Å². The molecule has 0 saturated carbocycles. The molecule has 1 aliphatic rings. The number of hydroxylamine groups is 1. The molecule has 0 unspecified atom stereocenters. The number of benzene rings is 3. The lowest BCUT2D eigenvalue weighted by Gasteiger charge is -2.31. The number of nitrogens with zero attached hydrogens (tertiary/aromatic N) is 1. The Bertz CT molecular complexity index is 1110. The molecule has 0 bridgehead atoms. The Morgan fingerprint density at radius 3 is 2.53 bits per heavy atom. The van der Waals surface area contributed by atoms with Gasteiger partial charge in [0.25, 0.3) is 5.91 Å². The van der Waals surface area contributed by atoms with Crippen molar-refractivity contribution >= 4 is 22.8 Å². The number of fused-ring (bicyclic) bond motifs is 1. The van der Waals surface area contributed by atoms with Crippen LogP contribution in [0.3, 0.4) is 0 Å². The summed E-state index contributed by atoms with van der Waals surface area (Å²) in [5.74, 6) is 0.352. The van der Waals surface area contributed by atoms with E-state index >= 15 is 0 Å². The molecule has 0 aromatic heterocycles. The van der Waals surface area contributed by atoms with Crippen molar-refractivity contribution in [2.24, 2.45) is 0 Å². The summed E-state index contributed by atoms with van der Waals surface area (Å²) in [5, 5.41) is 14.8. The summed E-state index contributed by atoms with van der Waals surface area (Å²) in [6.45, 7) is 6.80. The van der Waals surface area contributed by atoms with Crippen molar-refractivity contribution in [3.63, 3.8) is 0 Å². The maximum Gasteiger partial charge on any atom is 0.274 e. The smallest absolute Gasteiger partial charge is 0.274 e. The average molecular weight is 460 g/mol. The monoisotopic (exact) mass is 459 g/mol. The molecule has 1 amide bonds. The Kier molecular flexibility index (Phi) is 8.31. The van der Waals surface area contributed by atoms with Gasteiger partial charge in [-0.05, 0) is 67.2 Å². The second kappa shape index (κ2) is 11.8. The molecule has 1 saturated heterocycles. The third-order valence-corrected chi connectivity index (χ3v) is 6.46. The van der Waals surface area contributed by atoms with Gasteiger partial charge in [-0.15, -0.1) is 0 Å². The van der Waals surface area contributed by atoms with E-state index in [1.807, 2.05) is 36.4 Å². The molecule has 1 fully saturated rings. The maximum absolute atomic E-state index is 11.6. The van der Waals surface area contributed by atoms with E-state index in [4.69, 9.17) is 9.94 Å². The van der Waals surface area contributed by atoms with Crippen LogP contribution in [0.15, 0.2) is 72.3 Å². The summed E-state index contributed by atoms with van der Waals surface area (Å²) in [4.78, 5) is 14.1. The van der Waals surface area contributed by atoms with Gasteiger partial charge in [-0.25, -0.2) is 5.48 Å². The molecular weight excluding hydrogens is 426 g/mol. The summed E-state index contributed by atoms with van der Waals surface area (Å²) in [6.07, 6.45) is 4.41. The summed E-state index contributed by atoms with van der Waals surface area (Å²) in [7, 11) is 0. The number of ether oxygens (including phenoxy) is 1. The van der Waals surface area contributed by atoms with Crippen LogP contribution in [0.4, 0.5) is 0 Å². The number of carbonyl (C=O) groups is 1. The summed E-state index contributed by atoms with van der Waals surface area (Å²) >= 11 is 0. The minimum Gasteiger partial charge on any atom is -0.489 e. The highest BCUT2D eigenvalue weighted by Gasteiger charge is 2.18. The van der Waals surface area contributed by atoms with E-state index in [-0.39, 0.29) is 0 Å². The molecule has 0 atom stereocenters. The highest BCUT2D eigenvalue weighted by atomic mass is 16.5. The topological polar surface area (TPSA) is 73.8 Å². The normalized spacial score (nSPS) is 15.4. The maximum atomic E-state index is 11.6. The fourth-order valence-electron chi connectivity index (χ4n) is 4.40. The van der Waals surface area contributed by atoms with Crippen LogP contribution in [-0.2, 0) is 0 Å². The summed E-state index contributed by atoms with van der Waals surface area (Å²) in [6, 6.07) is 22.0. The van der Waals surface area contributed by atoms with Crippen LogP contribution in [-0.4, -0.2) is 54.8 Å². The predicted molar refractivity (Wildman–Crippen MR) is 136 cm³/mol. The van der Waals surface area contributed by atoms with Crippen LogP contribution >= 0.6 is 0 Å². The van der Waals surface area contributed by atoms with Crippen LogP contribution in [0.25, 0.3) is 16.8 Å². The molecule has 3 aromatic rings. The van der Waals surface area contributed by atoms with Gasteiger partial charge in [-0.1, -0.05) is 61.5 Å². The van der Waals surface area contributed by atoms with Gasteiger partial charge in [-0.3, -0.25) is 10.0 Å². The number of likely N-dealkylation sites (tertiary alicyclic amines) is 1. The number of amides is 1. The molecule has 178 valence electrons. The van der Waals surface area contributed by atoms with Crippen LogP contribution < -0.4 is 15.5 Å². The predicted octanol–water partition coefficient (Wildman–Crippen LogP) is 4.50. The van der Waals surface area contributed by atoms with Gasteiger partial charge in [-0.2, -0.15) is 0 Å². The SMILES string of the molecule is CCN1CCC(NCC(=Cc2ccc(C(=O)NO)cc2)COc2cccc3ccccc23)CC1. The minimum absolute atomic E-state index is 0.411. The molecule has 6 nitrogen and oxygen atoms in total. The van der Waals surface area contributed by atoms with E-state index in [0.717, 1.165) is 66.7 Å². The first-order valence-corrected chi connectivity index (χ1v) is 12.0. The molecule has 3 aromatic carbocycles. The third kappa shape index (κ3) is 6.23. The fraction of sp³-hybridized carbons (Fsp3) is 0.321. The molecule has 1 heterocycles. The van der Waals surface area contributed by atoms with Gasteiger partial charge in [0.05, 0.1) is 0 Å². The number of rotatable bonds is 9. The minimum atomic E-state index is -0.518. The van der Waals surface area contributed by atoms with Crippen LogP contribution in [0.2, 0.25) is 0 Å². The number of piperidine rings is 1. The van der Waals surface area contributed by atoms with E-state index in [2.05, 4.69) is 41.4 Å². The molecule has 0 aliphatic carbocycles. The number of hydrogen-bond donors (Lipinski definition) is 3. The molecule has 3 N–H and O–H groups in total. The molecule has 4 rings (SSSR count). The van der Waals surface area contributed by atoms with Gasteiger partial charge in [0.1, 0.15) is 12.4 Å². The van der Waals surface area contributed by atoms with Gasteiger partial charge in [0.2, 0.25) is 0 Å². The quantitative estimate of drug-likeness (QED) is 0.325. The van der Waals surface area contributed by atoms with E-state index in [9.17, 15) is 4.79 Å². The molecule has 34 heavy (non-hydrogen) atoms.